The van der Waals surface area contributed by atoms with Crippen LogP contribution in [0.4, 0.5) is 0 Å². The summed E-state index contributed by atoms with van der Waals surface area (Å²) in [7, 11) is 1.38. The summed E-state index contributed by atoms with van der Waals surface area (Å²) >= 11 is 0. The molecule has 1 aromatic carbocycles. The number of rotatable bonds is 3. The summed E-state index contributed by atoms with van der Waals surface area (Å²) in [5.74, 6) is -1.19. The van der Waals surface area contributed by atoms with Crippen molar-refractivity contribution in [3.63, 3.8) is 0 Å². The molecule has 2 amide bonds. The van der Waals surface area contributed by atoms with E-state index >= 15 is 0 Å². The molecule has 0 atom stereocenters. The third kappa shape index (κ3) is 3.43. The molecule has 1 heterocycles. The van der Waals surface area contributed by atoms with Gasteiger partial charge in [0.2, 0.25) is 5.78 Å². The predicted molar refractivity (Wildman–Crippen MR) is 94.2 cm³/mol. The van der Waals surface area contributed by atoms with E-state index in [1.807, 2.05) is 18.2 Å². The number of hydrogen-bond donors (Lipinski definition) is 0. The van der Waals surface area contributed by atoms with Crippen molar-refractivity contribution >= 4 is 23.7 Å². The average Bonchev–Trinajstić information content (AvgIpc) is 2.57. The molecule has 1 aromatic rings. The molecule has 0 saturated carbocycles. The van der Waals surface area contributed by atoms with Gasteiger partial charge in [0.15, 0.2) is 0 Å². The largest absolute Gasteiger partial charge is 0.288 e. The molecular weight excluding hydrogens is 302 g/mol. The number of likely N-dealkylation sites (N-methyl/N-ethyl adjacent to an activating group) is 1. The molecule has 0 bridgehead atoms. The molecule has 0 spiro atoms. The SMILES string of the molecule is CC=C1C(=O)C(=CC=Cc2ccc(C(C)C)cc2)C(=O)N(C)C1=O. The Bertz CT molecular complexity index is 765. The molecule has 0 aliphatic carbocycles. The summed E-state index contributed by atoms with van der Waals surface area (Å²) in [5.41, 5.74) is 2.25. The van der Waals surface area contributed by atoms with Crippen LogP contribution in [-0.2, 0) is 14.4 Å². The first kappa shape index (κ1) is 17.6. The molecule has 0 N–H and O–H groups in total. The van der Waals surface area contributed by atoms with E-state index in [-0.39, 0.29) is 11.1 Å². The molecule has 1 fully saturated rings. The Morgan fingerprint density at radius 2 is 1.54 bits per heavy atom. The maximum atomic E-state index is 12.2. The van der Waals surface area contributed by atoms with E-state index in [1.165, 1.54) is 24.8 Å². The number of allylic oxidation sites excluding steroid dienone is 3. The van der Waals surface area contributed by atoms with Crippen molar-refractivity contribution in [3.8, 4) is 0 Å². The standard InChI is InChI=1S/C20H21NO3/c1-5-16-18(22)17(20(24)21(4)19(16)23)8-6-7-14-9-11-15(12-10-14)13(2)3/h5-13H,1-4H3. The van der Waals surface area contributed by atoms with E-state index < -0.39 is 17.6 Å². The first-order valence-electron chi connectivity index (χ1n) is 7.88. The summed E-state index contributed by atoms with van der Waals surface area (Å²) in [6, 6.07) is 8.08. The van der Waals surface area contributed by atoms with Gasteiger partial charge >= 0.3 is 0 Å². The first-order valence-corrected chi connectivity index (χ1v) is 7.88. The lowest BCUT2D eigenvalue weighted by atomic mass is 9.96. The second kappa shape index (κ2) is 7.21. The molecule has 2 rings (SSSR count). The number of hydrogen-bond acceptors (Lipinski definition) is 3. The van der Waals surface area contributed by atoms with Crippen LogP contribution in [0.25, 0.3) is 6.08 Å². The Morgan fingerprint density at radius 1 is 0.958 bits per heavy atom. The minimum atomic E-state index is -0.574. The third-order valence-electron chi connectivity index (χ3n) is 4.00. The van der Waals surface area contributed by atoms with Crippen molar-refractivity contribution in [1.29, 1.82) is 0 Å². The average molecular weight is 323 g/mol. The van der Waals surface area contributed by atoms with E-state index in [0.717, 1.165) is 10.5 Å². The number of imide groups is 1. The molecule has 124 valence electrons. The normalized spacial score (nSPS) is 19.4. The zero-order valence-corrected chi connectivity index (χ0v) is 14.4. The van der Waals surface area contributed by atoms with Gasteiger partial charge in [-0.15, -0.1) is 0 Å². The molecule has 24 heavy (non-hydrogen) atoms. The van der Waals surface area contributed by atoms with Crippen molar-refractivity contribution in [1.82, 2.24) is 4.90 Å². The fourth-order valence-electron chi connectivity index (χ4n) is 2.44. The molecular formula is C20H21NO3. The lowest BCUT2D eigenvalue weighted by Crippen LogP contribution is -2.44. The van der Waals surface area contributed by atoms with E-state index in [2.05, 4.69) is 26.0 Å². The van der Waals surface area contributed by atoms with E-state index in [4.69, 9.17) is 0 Å². The zero-order chi connectivity index (χ0) is 17.9. The van der Waals surface area contributed by atoms with Crippen molar-refractivity contribution in [3.05, 3.63) is 64.8 Å². The minimum absolute atomic E-state index is 0.000232. The summed E-state index contributed by atoms with van der Waals surface area (Å²) in [6.45, 7) is 5.87. The number of Topliss-reactive ketones (excluding diaryl/α,β-unsaturated/α-hetero) is 1. The highest BCUT2D eigenvalue weighted by atomic mass is 16.2. The Morgan fingerprint density at radius 3 is 2.08 bits per heavy atom. The van der Waals surface area contributed by atoms with E-state index in [9.17, 15) is 14.4 Å². The first-order chi connectivity index (χ1) is 11.4. The summed E-state index contributed by atoms with van der Waals surface area (Å²) in [6.07, 6.45) is 6.39. The van der Waals surface area contributed by atoms with Crippen LogP contribution >= 0.6 is 0 Å². The van der Waals surface area contributed by atoms with E-state index in [0.29, 0.717) is 5.92 Å². The number of benzene rings is 1. The number of likely N-dealkylation sites (tertiary alicyclic amines) is 1. The van der Waals surface area contributed by atoms with Gasteiger partial charge in [-0.25, -0.2) is 0 Å². The fourth-order valence-corrected chi connectivity index (χ4v) is 2.44. The van der Waals surface area contributed by atoms with Crippen molar-refractivity contribution in [2.24, 2.45) is 0 Å². The molecule has 1 aliphatic rings. The maximum absolute atomic E-state index is 12.2. The highest BCUT2D eigenvalue weighted by molar-refractivity contribution is 6.41. The lowest BCUT2D eigenvalue weighted by Gasteiger charge is -2.23. The highest BCUT2D eigenvalue weighted by Gasteiger charge is 2.37. The molecule has 1 aliphatic heterocycles. The Hall–Kier alpha value is -2.75. The van der Waals surface area contributed by atoms with Gasteiger partial charge in [-0.3, -0.25) is 19.3 Å². The van der Waals surface area contributed by atoms with Gasteiger partial charge in [-0.1, -0.05) is 56.3 Å². The second-order valence-corrected chi connectivity index (χ2v) is 5.96. The van der Waals surface area contributed by atoms with Crippen LogP contribution in [0.3, 0.4) is 0 Å². The van der Waals surface area contributed by atoms with Gasteiger partial charge < -0.3 is 0 Å². The van der Waals surface area contributed by atoms with Crippen LogP contribution in [0, 0.1) is 0 Å². The summed E-state index contributed by atoms with van der Waals surface area (Å²) in [5, 5.41) is 0. The van der Waals surface area contributed by atoms with E-state index in [1.54, 1.807) is 13.0 Å². The van der Waals surface area contributed by atoms with Crippen molar-refractivity contribution in [2.75, 3.05) is 7.05 Å². The van der Waals surface area contributed by atoms with Gasteiger partial charge in [-0.05, 0) is 30.0 Å². The molecule has 0 aromatic heterocycles. The summed E-state index contributed by atoms with van der Waals surface area (Å²) < 4.78 is 0. The van der Waals surface area contributed by atoms with Gasteiger partial charge in [-0.2, -0.15) is 0 Å². The zero-order valence-electron chi connectivity index (χ0n) is 14.4. The Labute approximate surface area is 142 Å². The van der Waals surface area contributed by atoms with Crippen LogP contribution in [-0.4, -0.2) is 29.5 Å². The molecule has 0 radical (unpaired) electrons. The number of nitrogens with zero attached hydrogens (tertiary/aromatic N) is 1. The Kier molecular flexibility index (Phi) is 5.29. The van der Waals surface area contributed by atoms with Crippen molar-refractivity contribution in [2.45, 2.75) is 26.7 Å². The van der Waals surface area contributed by atoms with Crippen LogP contribution in [0.5, 0.6) is 0 Å². The van der Waals surface area contributed by atoms with Crippen LogP contribution in [0.1, 0.15) is 37.8 Å². The lowest BCUT2D eigenvalue weighted by molar-refractivity contribution is -0.141. The molecule has 1 saturated heterocycles. The monoisotopic (exact) mass is 323 g/mol. The van der Waals surface area contributed by atoms with Gasteiger partial charge in [0.1, 0.15) is 0 Å². The number of amides is 2. The van der Waals surface area contributed by atoms with Crippen LogP contribution < -0.4 is 0 Å². The van der Waals surface area contributed by atoms with Gasteiger partial charge in [0.05, 0.1) is 11.1 Å². The van der Waals surface area contributed by atoms with Crippen LogP contribution in [0.15, 0.2) is 53.6 Å². The highest BCUT2D eigenvalue weighted by Crippen LogP contribution is 2.19. The number of piperidine rings is 1. The second-order valence-electron chi connectivity index (χ2n) is 5.96. The number of ketones is 1. The Balaban J connectivity index is 2.25. The van der Waals surface area contributed by atoms with Crippen LogP contribution in [0.2, 0.25) is 0 Å². The molecule has 4 nitrogen and oxygen atoms in total. The predicted octanol–water partition coefficient (Wildman–Crippen LogP) is 3.26. The fraction of sp³-hybridized carbons (Fsp3) is 0.250. The topological polar surface area (TPSA) is 54.5 Å². The smallest absolute Gasteiger partial charge is 0.264 e. The minimum Gasteiger partial charge on any atom is -0.288 e. The number of carbonyl (C=O) groups is 3. The van der Waals surface area contributed by atoms with Crippen molar-refractivity contribution < 1.29 is 14.4 Å². The number of carbonyl (C=O) groups excluding carboxylic acids is 3. The molecule has 0 unspecified atom stereocenters. The van der Waals surface area contributed by atoms with Gasteiger partial charge in [0.25, 0.3) is 11.8 Å². The van der Waals surface area contributed by atoms with Gasteiger partial charge in [0, 0.05) is 7.05 Å². The summed E-state index contributed by atoms with van der Waals surface area (Å²) in [4.78, 5) is 37.2. The maximum Gasteiger partial charge on any atom is 0.264 e. The quantitative estimate of drug-likeness (QED) is 0.487. The third-order valence-corrected chi connectivity index (χ3v) is 4.00. The molecule has 4 heteroatoms.